The molecular formula is C13H13N3O3. The molecule has 0 bridgehead atoms. The molecule has 0 aliphatic heterocycles. The molecule has 2 rings (SSSR count). The predicted molar refractivity (Wildman–Crippen MR) is 72.0 cm³/mol. The first kappa shape index (κ1) is 12.8. The maximum Gasteiger partial charge on any atom is 0.318 e. The number of nitro groups is 1. The number of aromatic nitrogens is 1. The number of hydrogen-bond donors (Lipinski definition) is 1. The largest absolute Gasteiger partial charge is 0.497 e. The normalized spacial score (nSPS) is 10.2. The fourth-order valence-corrected chi connectivity index (χ4v) is 1.94. The minimum atomic E-state index is -0.513. The number of aryl methyl sites for hydroxylation is 1. The maximum absolute atomic E-state index is 11.1. The van der Waals surface area contributed by atoms with Gasteiger partial charge in [0.15, 0.2) is 0 Å². The van der Waals surface area contributed by atoms with Crippen molar-refractivity contribution >= 4 is 11.5 Å². The van der Waals surface area contributed by atoms with Crippen molar-refractivity contribution in [2.45, 2.75) is 6.92 Å². The number of nitrogen functional groups attached to an aromatic ring is 1. The minimum Gasteiger partial charge on any atom is -0.497 e. The lowest BCUT2D eigenvalue weighted by Crippen LogP contribution is -2.01. The smallest absolute Gasteiger partial charge is 0.318 e. The molecule has 6 nitrogen and oxygen atoms in total. The van der Waals surface area contributed by atoms with Gasteiger partial charge >= 0.3 is 5.69 Å². The summed E-state index contributed by atoms with van der Waals surface area (Å²) >= 11 is 0. The second kappa shape index (κ2) is 4.93. The third kappa shape index (κ3) is 2.33. The Hall–Kier alpha value is -2.63. The molecule has 2 aromatic rings. The molecule has 0 spiro atoms. The highest BCUT2D eigenvalue weighted by Crippen LogP contribution is 2.35. The second-order valence-corrected chi connectivity index (χ2v) is 4.03. The summed E-state index contributed by atoms with van der Waals surface area (Å²) in [7, 11) is 1.57. The van der Waals surface area contributed by atoms with E-state index in [0.29, 0.717) is 11.3 Å². The molecule has 6 heteroatoms. The molecule has 0 aliphatic rings. The van der Waals surface area contributed by atoms with Gasteiger partial charge in [0.25, 0.3) is 0 Å². The lowest BCUT2D eigenvalue weighted by atomic mass is 9.99. The van der Waals surface area contributed by atoms with E-state index < -0.39 is 4.92 Å². The molecule has 2 N–H and O–H groups in total. The number of pyridine rings is 1. The van der Waals surface area contributed by atoms with Crippen molar-refractivity contribution < 1.29 is 9.66 Å². The van der Waals surface area contributed by atoms with E-state index in [9.17, 15) is 10.1 Å². The van der Waals surface area contributed by atoms with Gasteiger partial charge in [-0.05, 0) is 36.2 Å². The quantitative estimate of drug-likeness (QED) is 0.675. The van der Waals surface area contributed by atoms with Gasteiger partial charge in [-0.15, -0.1) is 0 Å². The Kier molecular flexibility index (Phi) is 3.33. The van der Waals surface area contributed by atoms with Crippen LogP contribution >= 0.6 is 0 Å². The van der Waals surface area contributed by atoms with Crippen LogP contribution in [0.1, 0.15) is 5.56 Å². The molecule has 1 aromatic carbocycles. The zero-order valence-electron chi connectivity index (χ0n) is 10.6. The van der Waals surface area contributed by atoms with Crippen LogP contribution in [0.15, 0.2) is 30.5 Å². The number of hydrogen-bond acceptors (Lipinski definition) is 5. The average molecular weight is 259 g/mol. The van der Waals surface area contributed by atoms with Crippen molar-refractivity contribution in [3.05, 3.63) is 46.1 Å². The van der Waals surface area contributed by atoms with Crippen LogP contribution in [-0.4, -0.2) is 17.0 Å². The van der Waals surface area contributed by atoms with Crippen LogP contribution in [0.25, 0.3) is 11.1 Å². The number of anilines is 1. The number of methoxy groups -OCH3 is 1. The van der Waals surface area contributed by atoms with Crippen LogP contribution in [0.4, 0.5) is 11.5 Å². The van der Waals surface area contributed by atoms with Crippen molar-refractivity contribution in [1.82, 2.24) is 4.98 Å². The van der Waals surface area contributed by atoms with Gasteiger partial charge in [0, 0.05) is 6.20 Å². The minimum absolute atomic E-state index is 0.0854. The summed E-state index contributed by atoms with van der Waals surface area (Å²) in [6.45, 7) is 1.86. The van der Waals surface area contributed by atoms with Crippen molar-refractivity contribution in [3.8, 4) is 16.9 Å². The number of nitrogens with zero attached hydrogens (tertiary/aromatic N) is 2. The summed E-state index contributed by atoms with van der Waals surface area (Å²) in [6.07, 6.45) is 1.46. The first-order valence-electron chi connectivity index (χ1n) is 5.58. The SMILES string of the molecule is COc1ccc(-c2ccnc(N)c2[N+](=O)[O-])c(C)c1. The fraction of sp³-hybridized carbons (Fsp3) is 0.154. The number of rotatable bonds is 3. The Labute approximate surface area is 110 Å². The van der Waals surface area contributed by atoms with Gasteiger partial charge in [-0.2, -0.15) is 0 Å². The number of ether oxygens (including phenoxy) is 1. The van der Waals surface area contributed by atoms with Gasteiger partial charge in [-0.1, -0.05) is 6.07 Å². The maximum atomic E-state index is 11.1. The summed E-state index contributed by atoms with van der Waals surface area (Å²) in [5.41, 5.74) is 7.48. The van der Waals surface area contributed by atoms with Gasteiger partial charge in [-0.25, -0.2) is 4.98 Å². The van der Waals surface area contributed by atoms with Gasteiger partial charge in [0.2, 0.25) is 5.82 Å². The molecule has 0 radical (unpaired) electrons. The van der Waals surface area contributed by atoms with Gasteiger partial charge in [0.1, 0.15) is 5.75 Å². The Morgan fingerprint density at radius 2 is 2.05 bits per heavy atom. The molecule has 0 unspecified atom stereocenters. The highest BCUT2D eigenvalue weighted by molar-refractivity contribution is 5.81. The average Bonchev–Trinajstić information content (AvgIpc) is 2.37. The molecule has 0 fully saturated rings. The Morgan fingerprint density at radius 1 is 1.32 bits per heavy atom. The molecule has 0 saturated carbocycles. The first-order chi connectivity index (χ1) is 9.04. The summed E-state index contributed by atoms with van der Waals surface area (Å²) < 4.78 is 5.12. The summed E-state index contributed by atoms with van der Waals surface area (Å²) in [5, 5.41) is 11.1. The van der Waals surface area contributed by atoms with Crippen molar-refractivity contribution in [3.63, 3.8) is 0 Å². The van der Waals surface area contributed by atoms with E-state index >= 15 is 0 Å². The monoisotopic (exact) mass is 259 g/mol. The van der Waals surface area contributed by atoms with E-state index in [2.05, 4.69) is 4.98 Å². The van der Waals surface area contributed by atoms with Crippen molar-refractivity contribution in [2.24, 2.45) is 0 Å². The highest BCUT2D eigenvalue weighted by atomic mass is 16.6. The van der Waals surface area contributed by atoms with Crippen LogP contribution in [-0.2, 0) is 0 Å². The van der Waals surface area contributed by atoms with Crippen LogP contribution in [0, 0.1) is 17.0 Å². The summed E-state index contributed by atoms with van der Waals surface area (Å²) in [6, 6.07) is 6.93. The molecule has 0 atom stereocenters. The molecule has 1 heterocycles. The van der Waals surface area contributed by atoms with E-state index in [1.807, 2.05) is 13.0 Å². The number of benzene rings is 1. The molecule has 0 aliphatic carbocycles. The molecular weight excluding hydrogens is 246 g/mol. The van der Waals surface area contributed by atoms with Crippen LogP contribution in [0.5, 0.6) is 5.75 Å². The van der Waals surface area contributed by atoms with Gasteiger partial charge < -0.3 is 10.5 Å². The zero-order chi connectivity index (χ0) is 14.0. The van der Waals surface area contributed by atoms with E-state index in [1.165, 1.54) is 6.20 Å². The van der Waals surface area contributed by atoms with Crippen LogP contribution in [0.3, 0.4) is 0 Å². The van der Waals surface area contributed by atoms with E-state index in [-0.39, 0.29) is 11.5 Å². The summed E-state index contributed by atoms with van der Waals surface area (Å²) in [4.78, 5) is 14.4. The Bertz CT molecular complexity index is 641. The Morgan fingerprint density at radius 3 is 2.63 bits per heavy atom. The van der Waals surface area contributed by atoms with Crippen molar-refractivity contribution in [2.75, 3.05) is 12.8 Å². The van der Waals surface area contributed by atoms with Crippen molar-refractivity contribution in [1.29, 1.82) is 0 Å². The lowest BCUT2D eigenvalue weighted by molar-refractivity contribution is -0.383. The first-order valence-corrected chi connectivity index (χ1v) is 5.58. The summed E-state index contributed by atoms with van der Waals surface area (Å²) in [5.74, 6) is 0.614. The number of nitrogens with two attached hydrogens (primary N) is 1. The van der Waals surface area contributed by atoms with Crippen LogP contribution in [0.2, 0.25) is 0 Å². The fourth-order valence-electron chi connectivity index (χ4n) is 1.94. The van der Waals surface area contributed by atoms with Gasteiger partial charge in [-0.3, -0.25) is 10.1 Å². The van der Waals surface area contributed by atoms with E-state index in [1.54, 1.807) is 25.3 Å². The molecule has 0 saturated heterocycles. The lowest BCUT2D eigenvalue weighted by Gasteiger charge is -2.09. The molecule has 1 aromatic heterocycles. The molecule has 19 heavy (non-hydrogen) atoms. The zero-order valence-corrected chi connectivity index (χ0v) is 10.6. The molecule has 98 valence electrons. The van der Waals surface area contributed by atoms with E-state index in [0.717, 1.165) is 11.1 Å². The topological polar surface area (TPSA) is 91.3 Å². The van der Waals surface area contributed by atoms with E-state index in [4.69, 9.17) is 10.5 Å². The highest BCUT2D eigenvalue weighted by Gasteiger charge is 2.21. The third-order valence-corrected chi connectivity index (χ3v) is 2.86. The van der Waals surface area contributed by atoms with Gasteiger partial charge in [0.05, 0.1) is 17.6 Å². The standard InChI is InChI=1S/C13H13N3O3/c1-8-7-9(19-2)3-4-10(8)11-5-6-15-13(14)12(11)16(17)18/h3-7H,1-2H3,(H2,14,15). The predicted octanol–water partition coefficient (Wildman–Crippen LogP) is 2.56. The second-order valence-electron chi connectivity index (χ2n) is 4.03. The Balaban J connectivity index is 2.65. The third-order valence-electron chi connectivity index (χ3n) is 2.86. The molecule has 0 amide bonds. The van der Waals surface area contributed by atoms with Crippen LogP contribution < -0.4 is 10.5 Å².